The van der Waals surface area contributed by atoms with Gasteiger partial charge in [-0.3, -0.25) is 19.7 Å². The third kappa shape index (κ3) is 3.75. The molecule has 1 aliphatic rings. The van der Waals surface area contributed by atoms with Crippen LogP contribution in [-0.4, -0.2) is 34.7 Å². The lowest BCUT2D eigenvalue weighted by molar-refractivity contribution is -0.136. The highest BCUT2D eigenvalue weighted by atomic mass is 16.2. The van der Waals surface area contributed by atoms with Gasteiger partial charge >= 0.3 is 0 Å². The Balaban J connectivity index is 1.84. The molecule has 1 aliphatic heterocycles. The minimum Gasteiger partial charge on any atom is -0.384 e. The van der Waals surface area contributed by atoms with E-state index in [-0.39, 0.29) is 24.3 Å². The molecule has 1 atom stereocenters. The molecule has 1 aromatic heterocycles. The smallest absolute Gasteiger partial charge is 0.275 e. The maximum absolute atomic E-state index is 12.8. The van der Waals surface area contributed by atoms with Crippen LogP contribution in [0.3, 0.4) is 0 Å². The Bertz CT molecular complexity index is 877. The van der Waals surface area contributed by atoms with Crippen LogP contribution >= 0.6 is 0 Å². The Morgan fingerprint density at radius 1 is 1.19 bits per heavy atom. The van der Waals surface area contributed by atoms with Crippen LogP contribution in [0.1, 0.15) is 38.1 Å². The number of fused-ring (bicyclic) bond motifs is 1. The topological polar surface area (TPSA) is 119 Å². The average Bonchev–Trinajstić information content (AvgIpc) is 2.63. The molecule has 3 rings (SSSR count). The van der Waals surface area contributed by atoms with E-state index >= 15 is 0 Å². The summed E-state index contributed by atoms with van der Waals surface area (Å²) in [4.78, 5) is 36.2. The van der Waals surface area contributed by atoms with E-state index in [0.717, 1.165) is 36.9 Å². The zero-order valence-electron chi connectivity index (χ0n) is 14.5. The number of benzene rings is 1. The maximum atomic E-state index is 12.8. The molecule has 0 spiro atoms. The number of anilines is 1. The van der Waals surface area contributed by atoms with E-state index in [2.05, 4.69) is 15.7 Å². The Kier molecular flexibility index (Phi) is 5.62. The van der Waals surface area contributed by atoms with Crippen molar-refractivity contribution in [3.63, 3.8) is 0 Å². The lowest BCUT2D eigenvalue weighted by Crippen LogP contribution is -2.45. The van der Waals surface area contributed by atoms with E-state index in [0.29, 0.717) is 11.9 Å². The van der Waals surface area contributed by atoms with Crippen molar-refractivity contribution in [2.75, 3.05) is 18.4 Å². The summed E-state index contributed by atoms with van der Waals surface area (Å²) < 4.78 is 1.18. The summed E-state index contributed by atoms with van der Waals surface area (Å²) in [7, 11) is 0. The van der Waals surface area contributed by atoms with Crippen molar-refractivity contribution in [3.8, 4) is 0 Å². The number of carbonyl (C=O) groups excluding carboxylic acids is 2. The highest BCUT2D eigenvalue weighted by molar-refractivity contribution is 5.99. The van der Waals surface area contributed by atoms with Crippen LogP contribution in [-0.2, 0) is 9.59 Å². The van der Waals surface area contributed by atoms with E-state index in [1.54, 1.807) is 18.3 Å². The van der Waals surface area contributed by atoms with E-state index in [4.69, 9.17) is 5.73 Å². The van der Waals surface area contributed by atoms with Crippen molar-refractivity contribution in [1.29, 1.82) is 0 Å². The number of amides is 2. The summed E-state index contributed by atoms with van der Waals surface area (Å²) in [5.74, 6) is -0.800. The second kappa shape index (κ2) is 8.09. The van der Waals surface area contributed by atoms with Crippen LogP contribution in [0.15, 0.2) is 29.2 Å². The number of rotatable bonds is 7. The molecular formula is C18H23N5O3. The van der Waals surface area contributed by atoms with Crippen LogP contribution in [0.4, 0.5) is 5.69 Å². The molecule has 2 amide bonds. The van der Waals surface area contributed by atoms with Crippen LogP contribution in [0.25, 0.3) is 10.8 Å². The van der Waals surface area contributed by atoms with Crippen LogP contribution in [0.2, 0.25) is 0 Å². The summed E-state index contributed by atoms with van der Waals surface area (Å²) in [6, 6.07) is 4.68. The number of unbranched alkanes of at least 4 members (excludes halogenated alkanes) is 2. The molecule has 0 radical (unpaired) electrons. The zero-order valence-corrected chi connectivity index (χ0v) is 14.5. The first kappa shape index (κ1) is 18.1. The Hall–Kier alpha value is -2.74. The molecule has 1 aromatic carbocycles. The number of imide groups is 1. The van der Waals surface area contributed by atoms with Gasteiger partial charge in [0, 0.05) is 24.0 Å². The number of piperidine rings is 1. The monoisotopic (exact) mass is 357 g/mol. The molecular weight excluding hydrogens is 334 g/mol. The van der Waals surface area contributed by atoms with Gasteiger partial charge in [0.2, 0.25) is 5.91 Å². The van der Waals surface area contributed by atoms with Crippen LogP contribution in [0, 0.1) is 0 Å². The Labute approximate surface area is 150 Å². The second-order valence-corrected chi connectivity index (χ2v) is 6.40. The number of hydrogen-bond acceptors (Lipinski definition) is 6. The van der Waals surface area contributed by atoms with Crippen molar-refractivity contribution < 1.29 is 9.59 Å². The normalized spacial score (nSPS) is 17.3. The Morgan fingerprint density at radius 2 is 2.04 bits per heavy atom. The first-order chi connectivity index (χ1) is 12.6. The fraction of sp³-hybridized carbons (Fsp3) is 0.444. The molecule has 0 saturated carbocycles. The third-order valence-corrected chi connectivity index (χ3v) is 4.56. The summed E-state index contributed by atoms with van der Waals surface area (Å²) >= 11 is 0. The van der Waals surface area contributed by atoms with E-state index in [1.807, 2.05) is 6.07 Å². The second-order valence-electron chi connectivity index (χ2n) is 6.40. The lowest BCUT2D eigenvalue weighted by Gasteiger charge is -2.22. The predicted octanol–water partition coefficient (Wildman–Crippen LogP) is 0.915. The molecule has 0 bridgehead atoms. The van der Waals surface area contributed by atoms with Gasteiger partial charge in [0.25, 0.3) is 11.5 Å². The first-order valence-corrected chi connectivity index (χ1v) is 8.90. The van der Waals surface area contributed by atoms with E-state index < -0.39 is 11.9 Å². The summed E-state index contributed by atoms with van der Waals surface area (Å²) in [6.07, 6.45) is 5.12. The number of nitrogens with zero attached hydrogens (tertiary/aromatic N) is 2. The summed E-state index contributed by atoms with van der Waals surface area (Å²) in [6.45, 7) is 1.48. The van der Waals surface area contributed by atoms with E-state index in [9.17, 15) is 14.4 Å². The van der Waals surface area contributed by atoms with E-state index in [1.165, 1.54) is 4.68 Å². The fourth-order valence-corrected chi connectivity index (χ4v) is 3.15. The first-order valence-electron chi connectivity index (χ1n) is 8.90. The molecule has 8 nitrogen and oxygen atoms in total. The molecule has 26 heavy (non-hydrogen) atoms. The highest BCUT2D eigenvalue weighted by Gasteiger charge is 2.29. The third-order valence-electron chi connectivity index (χ3n) is 4.56. The van der Waals surface area contributed by atoms with Crippen molar-refractivity contribution in [1.82, 2.24) is 15.1 Å². The largest absolute Gasteiger partial charge is 0.384 e. The van der Waals surface area contributed by atoms with Crippen molar-refractivity contribution in [2.24, 2.45) is 5.73 Å². The SMILES string of the molecule is NCCCCCNc1cccc2c(=O)n(C3CCC(=O)NC3=O)ncc12. The van der Waals surface area contributed by atoms with Crippen molar-refractivity contribution in [2.45, 2.75) is 38.1 Å². The quantitative estimate of drug-likeness (QED) is 0.501. The zero-order chi connectivity index (χ0) is 18.5. The van der Waals surface area contributed by atoms with Gasteiger partial charge in [0.1, 0.15) is 6.04 Å². The number of nitrogens with two attached hydrogens (primary N) is 1. The number of carbonyl (C=O) groups is 2. The number of hydrogen-bond donors (Lipinski definition) is 3. The number of aromatic nitrogens is 2. The van der Waals surface area contributed by atoms with Gasteiger partial charge in [-0.25, -0.2) is 4.68 Å². The predicted molar refractivity (Wildman–Crippen MR) is 98.8 cm³/mol. The van der Waals surface area contributed by atoms with Gasteiger partial charge in [0.05, 0.1) is 11.6 Å². The van der Waals surface area contributed by atoms with Crippen LogP contribution < -0.4 is 21.9 Å². The molecule has 2 heterocycles. The molecule has 2 aromatic rings. The Morgan fingerprint density at radius 3 is 2.81 bits per heavy atom. The standard InChI is InChI=1S/C18H23N5O3/c19-9-2-1-3-10-20-14-6-4-5-12-13(14)11-21-23(18(12)26)15-7-8-16(24)22-17(15)25/h4-6,11,15,20H,1-3,7-10,19H2,(H,22,24,25). The maximum Gasteiger partial charge on any atom is 0.275 e. The van der Waals surface area contributed by atoms with Gasteiger partial charge in [-0.2, -0.15) is 5.10 Å². The molecule has 4 N–H and O–H groups in total. The molecule has 0 aliphatic carbocycles. The lowest BCUT2D eigenvalue weighted by atomic mass is 10.1. The molecule has 1 saturated heterocycles. The van der Waals surface area contributed by atoms with Gasteiger partial charge < -0.3 is 11.1 Å². The summed E-state index contributed by atoms with van der Waals surface area (Å²) in [5.41, 5.74) is 6.01. The van der Waals surface area contributed by atoms with Gasteiger partial charge in [-0.1, -0.05) is 12.5 Å². The van der Waals surface area contributed by atoms with Crippen LogP contribution in [0.5, 0.6) is 0 Å². The number of nitrogens with one attached hydrogen (secondary N) is 2. The van der Waals surface area contributed by atoms with Gasteiger partial charge in [0.15, 0.2) is 0 Å². The van der Waals surface area contributed by atoms with Gasteiger partial charge in [-0.05, 0) is 37.9 Å². The molecule has 1 fully saturated rings. The average molecular weight is 357 g/mol. The fourth-order valence-electron chi connectivity index (χ4n) is 3.15. The van der Waals surface area contributed by atoms with Gasteiger partial charge in [-0.15, -0.1) is 0 Å². The minimum absolute atomic E-state index is 0.201. The summed E-state index contributed by atoms with van der Waals surface area (Å²) in [5, 5.41) is 11.0. The highest BCUT2D eigenvalue weighted by Crippen LogP contribution is 2.22. The van der Waals surface area contributed by atoms with Crippen molar-refractivity contribution in [3.05, 3.63) is 34.7 Å². The van der Waals surface area contributed by atoms with Crippen molar-refractivity contribution >= 4 is 28.3 Å². The molecule has 1 unspecified atom stereocenters. The minimum atomic E-state index is -0.752. The molecule has 138 valence electrons. The molecule has 8 heteroatoms.